The van der Waals surface area contributed by atoms with Crippen LogP contribution in [0.15, 0.2) is 104 Å². The van der Waals surface area contributed by atoms with E-state index in [9.17, 15) is 0 Å². The van der Waals surface area contributed by atoms with Crippen molar-refractivity contribution in [3.8, 4) is 0 Å². The lowest BCUT2D eigenvalue weighted by molar-refractivity contribution is 1.03. The molecule has 54 heavy (non-hydrogen) atoms. The number of benzene rings is 15. The molecule has 0 atom stereocenters. The van der Waals surface area contributed by atoms with E-state index in [1.54, 1.807) is 0 Å². The van der Waals surface area contributed by atoms with Crippen molar-refractivity contribution < 1.29 is 0 Å². The molecule has 0 unspecified atom stereocenters. The molecular weight excluding hydrogens is 649 g/mol. The first kappa shape index (κ1) is 26.1. The zero-order valence-corrected chi connectivity index (χ0v) is 29.2. The Morgan fingerprint density at radius 2 is 0.796 bits per heavy atom. The molecule has 15 aromatic carbocycles. The Bertz CT molecular complexity index is 4370. The molecule has 0 heterocycles. The molecule has 0 heteroatoms. The van der Waals surface area contributed by atoms with Crippen LogP contribution >= 0.6 is 0 Å². The SMILES string of the molecule is C=Cc1c2ccc3c4ccccc4c4cc5c6ccccc6c6ccc7c8cccc9c%10c%11c(c(=C)c1c1c%11c(c98)c8c7c6c5c5c4c3c2c1c58)CCC=%10. The molecule has 0 fully saturated rings. The van der Waals surface area contributed by atoms with Gasteiger partial charge in [0.15, 0.2) is 0 Å². The highest BCUT2D eigenvalue weighted by Gasteiger charge is 2.34. The van der Waals surface area contributed by atoms with Crippen molar-refractivity contribution in [2.75, 3.05) is 0 Å². The number of aryl methyl sites for hydroxylation is 1. The Balaban J connectivity index is 1.46. The van der Waals surface area contributed by atoms with E-state index in [2.05, 4.69) is 116 Å². The third-order valence-corrected chi connectivity index (χ3v) is 14.6. The van der Waals surface area contributed by atoms with Crippen LogP contribution in [0.4, 0.5) is 0 Å². The van der Waals surface area contributed by atoms with Gasteiger partial charge < -0.3 is 0 Å². The first-order valence-electron chi connectivity index (χ1n) is 19.4. The van der Waals surface area contributed by atoms with Gasteiger partial charge in [-0.15, -0.1) is 0 Å². The molecule has 242 valence electrons. The number of rotatable bonds is 1. The Labute approximate surface area is 306 Å². The normalized spacial score (nSPS) is 14.4. The van der Waals surface area contributed by atoms with E-state index in [1.807, 2.05) is 0 Å². The van der Waals surface area contributed by atoms with Crippen molar-refractivity contribution in [1.82, 2.24) is 0 Å². The highest BCUT2D eigenvalue weighted by molar-refractivity contribution is 6.62. The van der Waals surface area contributed by atoms with Gasteiger partial charge in [-0.25, -0.2) is 0 Å². The molecule has 16 rings (SSSR count). The van der Waals surface area contributed by atoms with Crippen LogP contribution in [0, 0.1) is 0 Å². The van der Waals surface area contributed by atoms with E-state index >= 15 is 0 Å². The molecular formula is C54H26. The molecule has 0 saturated carbocycles. The third-order valence-electron chi connectivity index (χ3n) is 14.6. The number of hydrogen-bond donors (Lipinski definition) is 0. The fourth-order valence-electron chi connectivity index (χ4n) is 13.0. The molecule has 1 aliphatic rings. The maximum Gasteiger partial charge on any atom is -0.00000152 e. The Kier molecular flexibility index (Phi) is 3.83. The van der Waals surface area contributed by atoms with Gasteiger partial charge in [0.1, 0.15) is 0 Å². The van der Waals surface area contributed by atoms with E-state index in [4.69, 9.17) is 6.58 Å². The average molecular weight is 675 g/mol. The summed E-state index contributed by atoms with van der Waals surface area (Å²) in [6.07, 6.45) is 6.73. The monoisotopic (exact) mass is 674 g/mol. The van der Waals surface area contributed by atoms with Gasteiger partial charge in [0, 0.05) is 0 Å². The molecule has 0 nitrogen and oxygen atoms in total. The van der Waals surface area contributed by atoms with Gasteiger partial charge in [-0.2, -0.15) is 0 Å². The van der Waals surface area contributed by atoms with Crippen molar-refractivity contribution >= 4 is 170 Å². The molecule has 0 aromatic heterocycles. The maximum atomic E-state index is 5.00. The molecule has 1 aliphatic carbocycles. The lowest BCUT2D eigenvalue weighted by atomic mass is 9.71. The zero-order chi connectivity index (χ0) is 34.6. The van der Waals surface area contributed by atoms with Crippen LogP contribution in [-0.4, -0.2) is 0 Å². The molecule has 15 aromatic rings. The molecule has 0 saturated heterocycles. The molecule has 0 radical (unpaired) electrons. The standard InChI is InChI=1S/C54H26/c1-3-24-33-18-19-34-26-10-4-6-12-28(26)37-22-38-29-13-7-5-11-27(29)35-20-21-36-32-17-9-16-31-30-15-8-14-25-23(2)39(24)48-49(40(25)30)50(41(31)32)53-45(36)43(35)47(38)51-46(37)42(34)44(33)52(48)54(51)53/h3-7,9-13,15-22H,1-2,8,14H2. The molecule has 0 amide bonds. The van der Waals surface area contributed by atoms with Crippen molar-refractivity contribution in [3.05, 3.63) is 125 Å². The fourth-order valence-corrected chi connectivity index (χ4v) is 13.0. The second kappa shape index (κ2) is 7.93. The van der Waals surface area contributed by atoms with Gasteiger partial charge in [-0.3, -0.25) is 0 Å². The van der Waals surface area contributed by atoms with Gasteiger partial charge in [0.2, 0.25) is 0 Å². The second-order valence-electron chi connectivity index (χ2n) is 16.5. The molecule has 0 N–H and O–H groups in total. The highest BCUT2D eigenvalue weighted by atomic mass is 14.4. The van der Waals surface area contributed by atoms with Crippen LogP contribution in [0.1, 0.15) is 17.5 Å². The minimum absolute atomic E-state index is 1.02. The van der Waals surface area contributed by atoms with Crippen molar-refractivity contribution in [2.24, 2.45) is 0 Å². The average Bonchev–Trinajstić information content (AvgIpc) is 3.23. The van der Waals surface area contributed by atoms with Crippen LogP contribution in [0.5, 0.6) is 0 Å². The zero-order valence-electron chi connectivity index (χ0n) is 29.2. The van der Waals surface area contributed by atoms with E-state index in [0.717, 1.165) is 12.8 Å². The van der Waals surface area contributed by atoms with Gasteiger partial charge in [-0.1, -0.05) is 116 Å². The summed E-state index contributed by atoms with van der Waals surface area (Å²) in [6, 6.07) is 37.7. The topological polar surface area (TPSA) is 0 Å². The predicted molar refractivity (Wildman–Crippen MR) is 237 cm³/mol. The second-order valence-corrected chi connectivity index (χ2v) is 16.5. The number of hydrogen-bond acceptors (Lipinski definition) is 0. The van der Waals surface area contributed by atoms with Crippen LogP contribution in [0.2, 0.25) is 0 Å². The molecule has 0 aliphatic heterocycles. The minimum Gasteiger partial charge on any atom is -0.0984 e. The summed E-state index contributed by atoms with van der Waals surface area (Å²) < 4.78 is 0. The minimum atomic E-state index is 1.02. The lowest BCUT2D eigenvalue weighted by Gasteiger charge is -2.31. The summed E-state index contributed by atoms with van der Waals surface area (Å²) in [5, 5.41) is 41.7. The first-order valence-corrected chi connectivity index (χ1v) is 19.4. The molecule has 0 bridgehead atoms. The Hall–Kier alpha value is -6.76. The van der Waals surface area contributed by atoms with Crippen LogP contribution in [0.25, 0.3) is 170 Å². The fraction of sp³-hybridized carbons (Fsp3) is 0.0370. The van der Waals surface area contributed by atoms with Gasteiger partial charge in [0.05, 0.1) is 0 Å². The van der Waals surface area contributed by atoms with E-state index in [0.29, 0.717) is 0 Å². The first-order chi connectivity index (χ1) is 26.7. The maximum absolute atomic E-state index is 5.00. The van der Waals surface area contributed by atoms with Crippen LogP contribution in [-0.2, 0) is 6.42 Å². The van der Waals surface area contributed by atoms with Crippen molar-refractivity contribution in [1.29, 1.82) is 0 Å². The van der Waals surface area contributed by atoms with Gasteiger partial charge in [0.25, 0.3) is 0 Å². The van der Waals surface area contributed by atoms with E-state index in [-0.39, 0.29) is 0 Å². The van der Waals surface area contributed by atoms with Gasteiger partial charge >= 0.3 is 0 Å². The van der Waals surface area contributed by atoms with Crippen molar-refractivity contribution in [2.45, 2.75) is 12.8 Å². The van der Waals surface area contributed by atoms with Crippen LogP contribution in [0.3, 0.4) is 0 Å². The van der Waals surface area contributed by atoms with Crippen molar-refractivity contribution in [3.63, 3.8) is 0 Å². The molecule has 0 spiro atoms. The summed E-state index contributed by atoms with van der Waals surface area (Å²) in [6.45, 7) is 9.54. The summed E-state index contributed by atoms with van der Waals surface area (Å²) >= 11 is 0. The smallest absolute Gasteiger partial charge is 0.00000152 e. The Morgan fingerprint density at radius 1 is 0.370 bits per heavy atom. The summed E-state index contributed by atoms with van der Waals surface area (Å²) in [5.41, 5.74) is 2.66. The summed E-state index contributed by atoms with van der Waals surface area (Å²) in [5.74, 6) is 0. The lowest BCUT2D eigenvalue weighted by Crippen LogP contribution is -2.21. The largest absolute Gasteiger partial charge is 0.0984 e. The van der Waals surface area contributed by atoms with E-state index < -0.39 is 0 Å². The van der Waals surface area contributed by atoms with E-state index in [1.165, 1.54) is 172 Å². The van der Waals surface area contributed by atoms with Crippen LogP contribution < -0.4 is 10.4 Å². The third kappa shape index (κ3) is 2.32. The van der Waals surface area contributed by atoms with Gasteiger partial charge in [-0.05, 0) is 191 Å². The summed E-state index contributed by atoms with van der Waals surface area (Å²) in [7, 11) is 0. The predicted octanol–water partition coefficient (Wildman–Crippen LogP) is 13.7. The Morgan fingerprint density at radius 3 is 1.46 bits per heavy atom. The quantitative estimate of drug-likeness (QED) is 0.120. The number of fused-ring (bicyclic) bond motifs is 8. The highest BCUT2D eigenvalue weighted by Crippen LogP contribution is 2.61. The summed E-state index contributed by atoms with van der Waals surface area (Å²) in [4.78, 5) is 0.